The molecule has 1 fully saturated rings. The van der Waals surface area contributed by atoms with Crippen LogP contribution >= 0.6 is 0 Å². The highest BCUT2D eigenvalue weighted by atomic mass is 16.6. The zero-order valence-corrected chi connectivity index (χ0v) is 15.4. The molecule has 1 amide bonds. The van der Waals surface area contributed by atoms with Crippen LogP contribution in [0.25, 0.3) is 11.0 Å². The molecule has 0 atom stereocenters. The van der Waals surface area contributed by atoms with Crippen molar-refractivity contribution >= 4 is 16.9 Å². The summed E-state index contributed by atoms with van der Waals surface area (Å²) in [6, 6.07) is 16.0. The van der Waals surface area contributed by atoms with Gasteiger partial charge in [0.15, 0.2) is 0 Å². The summed E-state index contributed by atoms with van der Waals surface area (Å²) in [5.41, 5.74) is 3.34. The molecule has 0 bridgehead atoms. The maximum atomic E-state index is 12.9. The molecule has 1 aliphatic rings. The van der Waals surface area contributed by atoms with Crippen molar-refractivity contribution in [1.29, 1.82) is 0 Å². The van der Waals surface area contributed by atoms with E-state index in [-0.39, 0.29) is 5.91 Å². The molecule has 2 heterocycles. The number of fused-ring (bicyclic) bond motifs is 1. The minimum Gasteiger partial charge on any atom is -0.337 e. The lowest BCUT2D eigenvalue weighted by Gasteiger charge is -2.22. The molecule has 3 aromatic rings. The van der Waals surface area contributed by atoms with Gasteiger partial charge in [0.05, 0.1) is 0 Å². The lowest BCUT2D eigenvalue weighted by molar-refractivity contribution is 0.0761. The largest absolute Gasteiger partial charge is 0.337 e. The van der Waals surface area contributed by atoms with Crippen molar-refractivity contribution in [3.63, 3.8) is 0 Å². The topological polar surface area (TPSA) is 62.5 Å². The number of aromatic nitrogens is 2. The number of aryl methyl sites for hydroxylation is 1. The van der Waals surface area contributed by atoms with Gasteiger partial charge in [0.1, 0.15) is 11.0 Å². The van der Waals surface area contributed by atoms with E-state index in [1.807, 2.05) is 4.90 Å². The lowest BCUT2D eigenvalue weighted by Crippen LogP contribution is -2.35. The normalized spacial score (nSPS) is 15.8. The van der Waals surface area contributed by atoms with Crippen molar-refractivity contribution in [2.45, 2.75) is 19.3 Å². The molecule has 2 aromatic carbocycles. The van der Waals surface area contributed by atoms with E-state index in [0.717, 1.165) is 52.0 Å². The Morgan fingerprint density at radius 2 is 1.81 bits per heavy atom. The molecule has 0 spiro atoms. The summed E-state index contributed by atoms with van der Waals surface area (Å²) in [6.45, 7) is 4.61. The third-order valence-corrected chi connectivity index (χ3v) is 5.16. The van der Waals surface area contributed by atoms with E-state index in [4.69, 9.17) is 4.63 Å². The number of carbonyl (C=O) groups is 1. The average Bonchev–Trinajstić information content (AvgIpc) is 3.05. The van der Waals surface area contributed by atoms with Crippen LogP contribution in [0.3, 0.4) is 0 Å². The molecule has 0 aliphatic carbocycles. The molecular weight excluding hydrogens is 340 g/mol. The predicted octanol–water partition coefficient (Wildman–Crippen LogP) is 3.00. The first-order chi connectivity index (χ1) is 13.3. The van der Waals surface area contributed by atoms with Gasteiger partial charge >= 0.3 is 0 Å². The van der Waals surface area contributed by atoms with Crippen LogP contribution in [-0.4, -0.2) is 58.7 Å². The second kappa shape index (κ2) is 8.31. The van der Waals surface area contributed by atoms with Crippen LogP contribution in [0.2, 0.25) is 0 Å². The fourth-order valence-electron chi connectivity index (χ4n) is 3.65. The van der Waals surface area contributed by atoms with E-state index in [0.29, 0.717) is 16.6 Å². The van der Waals surface area contributed by atoms with Gasteiger partial charge in [0.25, 0.3) is 5.91 Å². The lowest BCUT2D eigenvalue weighted by atomic mass is 10.1. The molecule has 1 aromatic heterocycles. The number of nitrogens with zero attached hydrogens (tertiary/aromatic N) is 4. The second-order valence-electron chi connectivity index (χ2n) is 7.04. The molecule has 1 saturated heterocycles. The van der Waals surface area contributed by atoms with E-state index >= 15 is 0 Å². The number of rotatable bonds is 5. The van der Waals surface area contributed by atoms with Crippen molar-refractivity contribution in [3.8, 4) is 0 Å². The number of carbonyl (C=O) groups excluding carboxylic acids is 1. The quantitative estimate of drug-likeness (QED) is 0.696. The van der Waals surface area contributed by atoms with Gasteiger partial charge in [-0.3, -0.25) is 4.79 Å². The first kappa shape index (κ1) is 17.7. The van der Waals surface area contributed by atoms with Crippen molar-refractivity contribution in [1.82, 2.24) is 20.1 Å². The van der Waals surface area contributed by atoms with Crippen LogP contribution in [0.1, 0.15) is 28.8 Å². The standard InChI is InChI=1S/C21H24N4O2/c26-21(18-9-10-19-20(16-18)23-27-22-19)25-13-5-12-24(14-15-25)11-4-8-17-6-2-1-3-7-17/h1-3,6-7,9-10,16H,4-5,8,11-15H2. The summed E-state index contributed by atoms with van der Waals surface area (Å²) in [5.74, 6) is 0.0611. The second-order valence-corrected chi connectivity index (χ2v) is 7.04. The maximum absolute atomic E-state index is 12.9. The predicted molar refractivity (Wildman–Crippen MR) is 104 cm³/mol. The van der Waals surface area contributed by atoms with E-state index in [2.05, 4.69) is 45.5 Å². The smallest absolute Gasteiger partial charge is 0.253 e. The number of hydrogen-bond donors (Lipinski definition) is 0. The summed E-state index contributed by atoms with van der Waals surface area (Å²) in [6.07, 6.45) is 3.25. The summed E-state index contributed by atoms with van der Waals surface area (Å²) < 4.78 is 4.72. The van der Waals surface area contributed by atoms with Gasteiger partial charge in [0.2, 0.25) is 0 Å². The molecule has 0 unspecified atom stereocenters. The van der Waals surface area contributed by atoms with E-state index < -0.39 is 0 Å². The molecule has 0 radical (unpaired) electrons. The SMILES string of the molecule is O=C(c1ccc2nonc2c1)N1CCCN(CCCc2ccccc2)CC1. The maximum Gasteiger partial charge on any atom is 0.253 e. The van der Waals surface area contributed by atoms with Gasteiger partial charge in [0, 0.05) is 25.2 Å². The first-order valence-corrected chi connectivity index (χ1v) is 9.57. The third-order valence-electron chi connectivity index (χ3n) is 5.16. The van der Waals surface area contributed by atoms with Gasteiger partial charge in [-0.2, -0.15) is 0 Å². The highest BCUT2D eigenvalue weighted by molar-refractivity contribution is 5.97. The first-order valence-electron chi connectivity index (χ1n) is 9.57. The number of hydrogen-bond acceptors (Lipinski definition) is 5. The zero-order valence-electron chi connectivity index (χ0n) is 15.4. The molecular formula is C21H24N4O2. The van der Waals surface area contributed by atoms with E-state index in [1.165, 1.54) is 5.56 Å². The Morgan fingerprint density at radius 1 is 0.963 bits per heavy atom. The molecule has 140 valence electrons. The molecule has 0 saturated carbocycles. The molecule has 6 heteroatoms. The van der Waals surface area contributed by atoms with Gasteiger partial charge < -0.3 is 9.80 Å². The van der Waals surface area contributed by atoms with Crippen LogP contribution in [0.5, 0.6) is 0 Å². The Balaban J connectivity index is 1.30. The van der Waals surface area contributed by atoms with Crippen LogP contribution in [0.15, 0.2) is 53.2 Å². The van der Waals surface area contributed by atoms with E-state index in [1.54, 1.807) is 18.2 Å². The summed E-state index contributed by atoms with van der Waals surface area (Å²) in [7, 11) is 0. The van der Waals surface area contributed by atoms with Crippen LogP contribution < -0.4 is 0 Å². The Bertz CT molecular complexity index is 893. The Kier molecular flexibility index (Phi) is 5.44. The molecule has 4 rings (SSSR count). The Morgan fingerprint density at radius 3 is 2.70 bits per heavy atom. The minimum absolute atomic E-state index is 0.0611. The van der Waals surface area contributed by atoms with Crippen molar-refractivity contribution in [2.24, 2.45) is 0 Å². The molecule has 27 heavy (non-hydrogen) atoms. The van der Waals surface area contributed by atoms with Gasteiger partial charge in [-0.1, -0.05) is 30.3 Å². The van der Waals surface area contributed by atoms with Crippen LogP contribution in [0, 0.1) is 0 Å². The Labute approximate surface area is 158 Å². The highest BCUT2D eigenvalue weighted by Gasteiger charge is 2.20. The van der Waals surface area contributed by atoms with Crippen molar-refractivity contribution in [2.75, 3.05) is 32.7 Å². The number of amides is 1. The van der Waals surface area contributed by atoms with Crippen molar-refractivity contribution < 1.29 is 9.42 Å². The summed E-state index contributed by atoms with van der Waals surface area (Å²) >= 11 is 0. The van der Waals surface area contributed by atoms with Gasteiger partial charge in [-0.05, 0) is 66.4 Å². The zero-order chi connectivity index (χ0) is 18.5. The summed E-state index contributed by atoms with van der Waals surface area (Å²) in [4.78, 5) is 17.3. The highest BCUT2D eigenvalue weighted by Crippen LogP contribution is 2.15. The third kappa shape index (κ3) is 4.34. The fraction of sp³-hybridized carbons (Fsp3) is 0.381. The average molecular weight is 364 g/mol. The van der Waals surface area contributed by atoms with Crippen molar-refractivity contribution in [3.05, 3.63) is 59.7 Å². The van der Waals surface area contributed by atoms with E-state index in [9.17, 15) is 4.79 Å². The summed E-state index contributed by atoms with van der Waals surface area (Å²) in [5, 5.41) is 7.62. The van der Waals surface area contributed by atoms with Crippen LogP contribution in [-0.2, 0) is 6.42 Å². The molecule has 1 aliphatic heterocycles. The Hall–Kier alpha value is -2.73. The fourth-order valence-corrected chi connectivity index (χ4v) is 3.65. The molecule has 0 N–H and O–H groups in total. The monoisotopic (exact) mass is 364 g/mol. The van der Waals surface area contributed by atoms with Gasteiger partial charge in [-0.15, -0.1) is 0 Å². The minimum atomic E-state index is 0.0611. The number of benzene rings is 2. The van der Waals surface area contributed by atoms with Gasteiger partial charge in [-0.25, -0.2) is 4.63 Å². The van der Waals surface area contributed by atoms with Crippen LogP contribution in [0.4, 0.5) is 0 Å². The molecule has 6 nitrogen and oxygen atoms in total.